The van der Waals surface area contributed by atoms with E-state index >= 15 is 0 Å². The van der Waals surface area contributed by atoms with Gasteiger partial charge in [-0.3, -0.25) is 0 Å². The first-order valence-electron chi connectivity index (χ1n) is 4.23. The van der Waals surface area contributed by atoms with E-state index in [0.717, 1.165) is 16.1 Å². The van der Waals surface area contributed by atoms with Gasteiger partial charge >= 0.3 is 0 Å². The van der Waals surface area contributed by atoms with Crippen molar-refractivity contribution in [3.63, 3.8) is 0 Å². The fourth-order valence-electron chi connectivity index (χ4n) is 1.24. The molecule has 14 heavy (non-hydrogen) atoms. The zero-order valence-electron chi connectivity index (χ0n) is 7.69. The Kier molecular flexibility index (Phi) is 2.30. The molecule has 1 aromatic heterocycles. The SMILES string of the molecule is Cc1cc(-c2cccc(C#N)c2)sn1. The van der Waals surface area contributed by atoms with Crippen LogP contribution in [0.3, 0.4) is 0 Å². The largest absolute Gasteiger partial charge is 0.197 e. The van der Waals surface area contributed by atoms with Crippen molar-refractivity contribution in [1.29, 1.82) is 5.26 Å². The Morgan fingerprint density at radius 1 is 1.36 bits per heavy atom. The van der Waals surface area contributed by atoms with Crippen LogP contribution < -0.4 is 0 Å². The number of aryl methyl sites for hydroxylation is 1. The molecule has 1 aromatic carbocycles. The number of hydrogen-bond acceptors (Lipinski definition) is 3. The maximum atomic E-state index is 8.75. The maximum Gasteiger partial charge on any atom is 0.0991 e. The van der Waals surface area contributed by atoms with Crippen molar-refractivity contribution < 1.29 is 0 Å². The van der Waals surface area contributed by atoms with Crippen molar-refractivity contribution >= 4 is 11.5 Å². The third-order valence-corrected chi connectivity index (χ3v) is 2.83. The highest BCUT2D eigenvalue weighted by Crippen LogP contribution is 2.24. The van der Waals surface area contributed by atoms with Crippen molar-refractivity contribution in [3.05, 3.63) is 41.6 Å². The first-order chi connectivity index (χ1) is 6.79. The molecule has 0 atom stereocenters. The molecule has 2 nitrogen and oxygen atoms in total. The van der Waals surface area contributed by atoms with E-state index in [4.69, 9.17) is 5.26 Å². The summed E-state index contributed by atoms with van der Waals surface area (Å²) < 4.78 is 4.21. The fraction of sp³-hybridized carbons (Fsp3) is 0.0909. The average molecular weight is 200 g/mol. The maximum absolute atomic E-state index is 8.75. The number of nitriles is 1. The van der Waals surface area contributed by atoms with Gasteiger partial charge in [0.2, 0.25) is 0 Å². The lowest BCUT2D eigenvalue weighted by Crippen LogP contribution is -1.75. The van der Waals surface area contributed by atoms with Crippen LogP contribution in [0, 0.1) is 18.3 Å². The van der Waals surface area contributed by atoms with Crippen LogP contribution in [0.25, 0.3) is 10.4 Å². The number of aromatic nitrogens is 1. The van der Waals surface area contributed by atoms with Crippen LogP contribution in [0.1, 0.15) is 11.3 Å². The second kappa shape index (κ2) is 3.60. The first kappa shape index (κ1) is 8.92. The Morgan fingerprint density at radius 2 is 2.21 bits per heavy atom. The summed E-state index contributed by atoms with van der Waals surface area (Å²) in [7, 11) is 0. The van der Waals surface area contributed by atoms with Crippen molar-refractivity contribution in [2.75, 3.05) is 0 Å². The molecule has 0 N–H and O–H groups in total. The molecule has 0 unspecified atom stereocenters. The van der Waals surface area contributed by atoms with Gasteiger partial charge in [-0.25, -0.2) is 0 Å². The molecule has 68 valence electrons. The summed E-state index contributed by atoms with van der Waals surface area (Å²) in [6.07, 6.45) is 0. The Hall–Kier alpha value is -1.66. The van der Waals surface area contributed by atoms with Gasteiger partial charge in [0.25, 0.3) is 0 Å². The lowest BCUT2D eigenvalue weighted by Gasteiger charge is -1.95. The van der Waals surface area contributed by atoms with Crippen LogP contribution in [-0.4, -0.2) is 4.37 Å². The second-order valence-electron chi connectivity index (χ2n) is 3.03. The molecule has 0 radical (unpaired) electrons. The molecule has 2 aromatic rings. The first-order valence-corrected chi connectivity index (χ1v) is 5.01. The Bertz CT molecular complexity index is 494. The summed E-state index contributed by atoms with van der Waals surface area (Å²) in [5.74, 6) is 0. The topological polar surface area (TPSA) is 36.7 Å². The lowest BCUT2D eigenvalue weighted by molar-refractivity contribution is 1.35. The van der Waals surface area contributed by atoms with Crippen LogP contribution in [-0.2, 0) is 0 Å². The van der Waals surface area contributed by atoms with Crippen molar-refractivity contribution in [2.24, 2.45) is 0 Å². The number of benzene rings is 1. The minimum Gasteiger partial charge on any atom is -0.197 e. The third kappa shape index (κ3) is 1.66. The quantitative estimate of drug-likeness (QED) is 0.709. The van der Waals surface area contributed by atoms with E-state index in [-0.39, 0.29) is 0 Å². The highest BCUT2D eigenvalue weighted by Gasteiger charge is 2.02. The van der Waals surface area contributed by atoms with E-state index in [9.17, 15) is 0 Å². The summed E-state index contributed by atoms with van der Waals surface area (Å²) in [4.78, 5) is 1.11. The normalized spacial score (nSPS) is 9.71. The molecule has 0 spiro atoms. The summed E-state index contributed by atoms with van der Waals surface area (Å²) >= 11 is 1.46. The highest BCUT2D eigenvalue weighted by atomic mass is 32.1. The van der Waals surface area contributed by atoms with Crippen molar-refractivity contribution in [2.45, 2.75) is 6.92 Å². The van der Waals surface area contributed by atoms with Gasteiger partial charge in [0.1, 0.15) is 0 Å². The number of nitrogens with zero attached hydrogens (tertiary/aromatic N) is 2. The van der Waals surface area contributed by atoms with Gasteiger partial charge in [-0.05, 0) is 42.2 Å². The van der Waals surface area contributed by atoms with Gasteiger partial charge in [-0.15, -0.1) is 0 Å². The molecule has 0 fully saturated rings. The Labute approximate surface area is 86.6 Å². The molecule has 0 saturated carbocycles. The van der Waals surface area contributed by atoms with Crippen molar-refractivity contribution in [3.8, 4) is 16.5 Å². The molecule has 0 amide bonds. The molecule has 0 saturated heterocycles. The molecule has 0 aliphatic heterocycles. The van der Waals surface area contributed by atoms with E-state index < -0.39 is 0 Å². The molecule has 2 rings (SSSR count). The van der Waals surface area contributed by atoms with E-state index in [2.05, 4.69) is 10.4 Å². The zero-order valence-corrected chi connectivity index (χ0v) is 8.51. The van der Waals surface area contributed by atoms with Gasteiger partial charge in [0.15, 0.2) is 0 Å². The van der Waals surface area contributed by atoms with Crippen LogP contribution in [0.15, 0.2) is 30.3 Å². The summed E-state index contributed by atoms with van der Waals surface area (Å²) in [6.45, 7) is 1.97. The molecule has 3 heteroatoms. The predicted molar refractivity (Wildman–Crippen MR) is 57.0 cm³/mol. The standard InChI is InChI=1S/C11H8N2S/c1-8-5-11(14-13-8)10-4-2-3-9(6-10)7-12/h2-6H,1H3. The second-order valence-corrected chi connectivity index (χ2v) is 3.83. The third-order valence-electron chi connectivity index (χ3n) is 1.90. The van der Waals surface area contributed by atoms with Crippen LogP contribution in [0.2, 0.25) is 0 Å². The Morgan fingerprint density at radius 3 is 2.86 bits per heavy atom. The minimum atomic E-state index is 0.688. The predicted octanol–water partition coefficient (Wildman–Crippen LogP) is 2.99. The van der Waals surface area contributed by atoms with Gasteiger partial charge in [0.05, 0.1) is 22.2 Å². The van der Waals surface area contributed by atoms with Crippen LogP contribution in [0.5, 0.6) is 0 Å². The fourth-order valence-corrected chi connectivity index (χ4v) is 1.99. The Balaban J connectivity index is 2.47. The number of rotatable bonds is 1. The molecular formula is C11H8N2S. The zero-order chi connectivity index (χ0) is 9.97. The summed E-state index contributed by atoms with van der Waals surface area (Å²) in [6, 6.07) is 11.7. The van der Waals surface area contributed by atoms with Gasteiger partial charge in [0, 0.05) is 0 Å². The van der Waals surface area contributed by atoms with Gasteiger partial charge in [-0.1, -0.05) is 12.1 Å². The minimum absolute atomic E-state index is 0.688. The molecule has 0 aliphatic carbocycles. The van der Waals surface area contributed by atoms with E-state index in [1.54, 1.807) is 6.07 Å². The number of hydrogen-bond donors (Lipinski definition) is 0. The van der Waals surface area contributed by atoms with E-state index in [1.807, 2.05) is 31.2 Å². The van der Waals surface area contributed by atoms with Gasteiger partial charge < -0.3 is 0 Å². The summed E-state index contributed by atoms with van der Waals surface area (Å²) in [5, 5.41) is 8.75. The van der Waals surface area contributed by atoms with Crippen LogP contribution in [0.4, 0.5) is 0 Å². The van der Waals surface area contributed by atoms with Crippen molar-refractivity contribution in [1.82, 2.24) is 4.37 Å². The average Bonchev–Trinajstić information content (AvgIpc) is 2.65. The molecule has 0 aliphatic rings. The lowest BCUT2D eigenvalue weighted by atomic mass is 10.1. The smallest absolute Gasteiger partial charge is 0.0991 e. The van der Waals surface area contributed by atoms with E-state index in [1.165, 1.54) is 11.5 Å². The van der Waals surface area contributed by atoms with Gasteiger partial charge in [-0.2, -0.15) is 9.64 Å². The molecule has 1 heterocycles. The molecule has 0 bridgehead atoms. The van der Waals surface area contributed by atoms with E-state index in [0.29, 0.717) is 5.56 Å². The highest BCUT2D eigenvalue weighted by molar-refractivity contribution is 7.09. The molecular weight excluding hydrogens is 192 g/mol. The van der Waals surface area contributed by atoms with Crippen LogP contribution >= 0.6 is 11.5 Å². The monoisotopic (exact) mass is 200 g/mol. The summed E-state index contributed by atoms with van der Waals surface area (Å²) in [5.41, 5.74) is 2.77.